The average molecular weight is 315 g/mol. The molecule has 1 atom stereocenters. The van der Waals surface area contributed by atoms with E-state index < -0.39 is 0 Å². The van der Waals surface area contributed by atoms with Crippen molar-refractivity contribution in [1.82, 2.24) is 19.7 Å². The summed E-state index contributed by atoms with van der Waals surface area (Å²) < 4.78 is 1.69. The molecule has 0 spiro atoms. The molecule has 3 aromatic rings. The minimum atomic E-state index is -0.384. The lowest BCUT2D eigenvalue weighted by atomic mass is 10.1. The molecule has 3 rings (SSSR count). The van der Waals surface area contributed by atoms with Crippen molar-refractivity contribution in [3.05, 3.63) is 52.5 Å². The number of aromatic nitrogens is 4. The van der Waals surface area contributed by atoms with Crippen molar-refractivity contribution in [2.75, 3.05) is 0 Å². The Morgan fingerprint density at radius 1 is 1.36 bits per heavy atom. The minimum absolute atomic E-state index is 0.0261. The third-order valence-corrected chi connectivity index (χ3v) is 4.51. The number of fused-ring (bicyclic) bond motifs is 1. The lowest BCUT2D eigenvalue weighted by Gasteiger charge is -2.11. The van der Waals surface area contributed by atoms with E-state index in [2.05, 4.69) is 15.1 Å². The van der Waals surface area contributed by atoms with Gasteiger partial charge in [0.05, 0.1) is 16.5 Å². The molecule has 0 aliphatic rings. The predicted molar refractivity (Wildman–Crippen MR) is 83.7 cm³/mol. The molecular weight excluding hydrogens is 302 g/mol. The summed E-state index contributed by atoms with van der Waals surface area (Å²) >= 11 is 1.53. The van der Waals surface area contributed by atoms with Crippen molar-refractivity contribution < 1.29 is 4.92 Å². The number of hydrogen-bond donors (Lipinski definition) is 0. The van der Waals surface area contributed by atoms with Crippen molar-refractivity contribution >= 4 is 28.5 Å². The second-order valence-electron chi connectivity index (χ2n) is 4.80. The summed E-state index contributed by atoms with van der Waals surface area (Å²) in [6, 6.07) is 6.67. The number of benzene rings is 1. The number of nitro groups is 1. The molecule has 0 bridgehead atoms. The Morgan fingerprint density at radius 2 is 2.18 bits per heavy atom. The summed E-state index contributed by atoms with van der Waals surface area (Å²) in [4.78, 5) is 19.0. The van der Waals surface area contributed by atoms with Gasteiger partial charge in [-0.25, -0.2) is 9.97 Å². The van der Waals surface area contributed by atoms with Gasteiger partial charge in [0, 0.05) is 24.4 Å². The van der Waals surface area contributed by atoms with Crippen molar-refractivity contribution in [2.24, 2.45) is 7.05 Å². The highest BCUT2D eigenvalue weighted by molar-refractivity contribution is 7.99. The Kier molecular flexibility index (Phi) is 3.76. The summed E-state index contributed by atoms with van der Waals surface area (Å²) in [7, 11) is 1.83. The van der Waals surface area contributed by atoms with Crippen molar-refractivity contribution in [3.63, 3.8) is 0 Å². The topological polar surface area (TPSA) is 86.7 Å². The van der Waals surface area contributed by atoms with E-state index in [1.54, 1.807) is 23.0 Å². The number of rotatable bonds is 4. The zero-order chi connectivity index (χ0) is 15.7. The van der Waals surface area contributed by atoms with E-state index in [1.807, 2.05) is 20.0 Å². The maximum Gasteiger partial charge on any atom is 0.269 e. The normalized spacial score (nSPS) is 12.5. The Bertz CT molecular complexity index is 848. The van der Waals surface area contributed by atoms with Crippen LogP contribution in [0.1, 0.15) is 17.7 Å². The fraction of sp³-hybridized carbons (Fsp3) is 0.214. The third-order valence-electron chi connectivity index (χ3n) is 3.33. The Balaban J connectivity index is 1.91. The van der Waals surface area contributed by atoms with Gasteiger partial charge in [-0.2, -0.15) is 5.10 Å². The zero-order valence-electron chi connectivity index (χ0n) is 12.0. The lowest BCUT2D eigenvalue weighted by Crippen LogP contribution is -1.95. The molecule has 0 radical (unpaired) electrons. The molecule has 112 valence electrons. The number of hydrogen-bond acceptors (Lipinski definition) is 6. The second kappa shape index (κ2) is 5.72. The van der Waals surface area contributed by atoms with Crippen LogP contribution in [0.2, 0.25) is 0 Å². The van der Waals surface area contributed by atoms with Crippen LogP contribution in [0, 0.1) is 10.1 Å². The highest BCUT2D eigenvalue weighted by Crippen LogP contribution is 2.37. The molecular formula is C14H13N5O2S. The van der Waals surface area contributed by atoms with E-state index in [4.69, 9.17) is 0 Å². The van der Waals surface area contributed by atoms with Crippen molar-refractivity contribution in [2.45, 2.75) is 17.2 Å². The van der Waals surface area contributed by atoms with Gasteiger partial charge >= 0.3 is 0 Å². The van der Waals surface area contributed by atoms with Gasteiger partial charge in [0.1, 0.15) is 11.4 Å². The van der Waals surface area contributed by atoms with E-state index in [0.717, 1.165) is 21.6 Å². The Morgan fingerprint density at radius 3 is 2.95 bits per heavy atom. The van der Waals surface area contributed by atoms with Gasteiger partial charge in [0.2, 0.25) is 0 Å². The Labute approximate surface area is 130 Å². The van der Waals surface area contributed by atoms with Gasteiger partial charge in [0.15, 0.2) is 5.65 Å². The summed E-state index contributed by atoms with van der Waals surface area (Å²) in [5.41, 5.74) is 1.75. The largest absolute Gasteiger partial charge is 0.269 e. The molecule has 1 aromatic carbocycles. The molecule has 2 heterocycles. The van der Waals surface area contributed by atoms with Crippen molar-refractivity contribution in [1.29, 1.82) is 0 Å². The second-order valence-corrected chi connectivity index (χ2v) is 6.13. The predicted octanol–water partition coefficient (Wildman–Crippen LogP) is 3.12. The summed E-state index contributed by atoms with van der Waals surface area (Å²) in [6.45, 7) is 1.99. The standard InChI is InChI=1S/C14H13N5O2S/c1-9(10-4-3-5-11(6-10)19(20)21)22-14-12-7-17-18(2)13(12)15-8-16-14/h3-9H,1-2H3/t9-/m1/s1. The first-order chi connectivity index (χ1) is 10.6. The first-order valence-corrected chi connectivity index (χ1v) is 7.48. The summed E-state index contributed by atoms with van der Waals surface area (Å²) in [5, 5.41) is 16.8. The average Bonchev–Trinajstić information content (AvgIpc) is 2.90. The fourth-order valence-corrected chi connectivity index (χ4v) is 3.16. The smallest absolute Gasteiger partial charge is 0.258 e. The van der Waals surface area contributed by atoms with Crippen LogP contribution < -0.4 is 0 Å². The van der Waals surface area contributed by atoms with Crippen LogP contribution in [-0.4, -0.2) is 24.7 Å². The van der Waals surface area contributed by atoms with Crippen LogP contribution in [0.5, 0.6) is 0 Å². The first-order valence-electron chi connectivity index (χ1n) is 6.60. The molecule has 0 aliphatic heterocycles. The van der Waals surface area contributed by atoms with Gasteiger partial charge in [-0.15, -0.1) is 0 Å². The summed E-state index contributed by atoms with van der Waals surface area (Å²) in [6.07, 6.45) is 3.24. The highest BCUT2D eigenvalue weighted by Gasteiger charge is 2.15. The van der Waals surface area contributed by atoms with E-state index in [0.29, 0.717) is 0 Å². The van der Waals surface area contributed by atoms with Crippen LogP contribution in [0.15, 0.2) is 41.8 Å². The van der Waals surface area contributed by atoms with Gasteiger partial charge in [-0.3, -0.25) is 14.8 Å². The van der Waals surface area contributed by atoms with Crippen LogP contribution >= 0.6 is 11.8 Å². The molecule has 0 saturated heterocycles. The SMILES string of the molecule is C[C@@H](Sc1ncnc2c1cnn2C)c1cccc([N+](=O)[O-])c1. The first kappa shape index (κ1) is 14.5. The molecule has 0 unspecified atom stereocenters. The van der Waals surface area contributed by atoms with Gasteiger partial charge in [-0.1, -0.05) is 23.9 Å². The van der Waals surface area contributed by atoms with Crippen molar-refractivity contribution in [3.8, 4) is 0 Å². The zero-order valence-corrected chi connectivity index (χ0v) is 12.8. The molecule has 8 heteroatoms. The van der Waals surface area contributed by atoms with E-state index in [1.165, 1.54) is 24.2 Å². The molecule has 0 amide bonds. The molecule has 0 aliphatic carbocycles. The van der Waals surface area contributed by atoms with Gasteiger partial charge in [0.25, 0.3) is 5.69 Å². The minimum Gasteiger partial charge on any atom is -0.258 e. The van der Waals surface area contributed by atoms with Crippen LogP contribution in [-0.2, 0) is 7.05 Å². The number of thioether (sulfide) groups is 1. The van der Waals surface area contributed by atoms with E-state index in [9.17, 15) is 10.1 Å². The highest BCUT2D eigenvalue weighted by atomic mass is 32.2. The van der Waals surface area contributed by atoms with Crippen LogP contribution in [0.4, 0.5) is 5.69 Å². The maximum atomic E-state index is 10.9. The fourth-order valence-electron chi connectivity index (χ4n) is 2.16. The van der Waals surface area contributed by atoms with E-state index in [-0.39, 0.29) is 15.9 Å². The van der Waals surface area contributed by atoms with Crippen LogP contribution in [0.25, 0.3) is 11.0 Å². The molecule has 0 fully saturated rings. The quantitative estimate of drug-likeness (QED) is 0.318. The number of nitrogens with zero attached hydrogens (tertiary/aromatic N) is 5. The number of non-ortho nitro benzene ring substituents is 1. The number of nitro benzene ring substituents is 1. The van der Waals surface area contributed by atoms with Gasteiger partial charge < -0.3 is 0 Å². The molecule has 7 nitrogen and oxygen atoms in total. The Hall–Kier alpha value is -2.48. The molecule has 0 saturated carbocycles. The van der Waals surface area contributed by atoms with Crippen LogP contribution in [0.3, 0.4) is 0 Å². The number of aryl methyl sites for hydroxylation is 1. The molecule has 2 aromatic heterocycles. The van der Waals surface area contributed by atoms with Gasteiger partial charge in [-0.05, 0) is 12.5 Å². The van der Waals surface area contributed by atoms with E-state index >= 15 is 0 Å². The summed E-state index contributed by atoms with van der Waals surface area (Å²) in [5.74, 6) is 0. The molecule has 22 heavy (non-hydrogen) atoms. The maximum absolute atomic E-state index is 10.9. The molecule has 0 N–H and O–H groups in total. The third kappa shape index (κ3) is 2.64. The lowest BCUT2D eigenvalue weighted by molar-refractivity contribution is -0.384. The monoisotopic (exact) mass is 315 g/mol.